The zero-order valence-electron chi connectivity index (χ0n) is 44.2. The summed E-state index contributed by atoms with van der Waals surface area (Å²) in [6, 6.07) is 46.6. The summed E-state index contributed by atoms with van der Waals surface area (Å²) in [6.07, 6.45) is 3.01. The molecule has 0 radical (unpaired) electrons. The van der Waals surface area contributed by atoms with Crippen molar-refractivity contribution in [1.82, 2.24) is 4.98 Å². The number of methoxy groups -OCH3 is 4. The SMILES string of the molecule is COC(=O)c1ccc(COc2cc(COc3cc(COC(=O)c4ccncc4)cc(OCc4cc(OCc5ccc(C(=O)OC)cc5)cc(OCc5ccc(C(=O)OC)cc5)c4)c3)cc(OCc3ccc(C(=O)OC)cc3)c2)cc1. The van der Waals surface area contributed by atoms with Crippen LogP contribution in [-0.2, 0) is 69.9 Å². The highest BCUT2D eigenvalue weighted by Crippen LogP contribution is 2.31. The maximum absolute atomic E-state index is 13.1. The first kappa shape index (κ1) is 56.1. The van der Waals surface area contributed by atoms with Crippen LogP contribution in [0.5, 0.6) is 34.5 Å². The second kappa shape index (κ2) is 27.8. The molecule has 408 valence electrons. The van der Waals surface area contributed by atoms with Gasteiger partial charge in [0.05, 0.1) is 56.3 Å². The molecule has 17 heteroatoms. The smallest absolute Gasteiger partial charge is 0.338 e. The highest BCUT2D eigenvalue weighted by molar-refractivity contribution is 5.91. The van der Waals surface area contributed by atoms with Gasteiger partial charge in [0.15, 0.2) is 0 Å². The Morgan fingerprint density at radius 3 is 0.750 bits per heavy atom. The predicted octanol–water partition coefficient (Wildman–Crippen LogP) is 11.1. The van der Waals surface area contributed by atoms with E-state index < -0.39 is 29.8 Å². The van der Waals surface area contributed by atoms with E-state index in [2.05, 4.69) is 4.98 Å². The molecule has 0 bridgehead atoms. The Bertz CT molecular complexity index is 3040. The van der Waals surface area contributed by atoms with Gasteiger partial charge in [0.2, 0.25) is 0 Å². The molecule has 0 spiro atoms. The Morgan fingerprint density at radius 1 is 0.275 bits per heavy atom. The van der Waals surface area contributed by atoms with Gasteiger partial charge in [-0.25, -0.2) is 24.0 Å². The van der Waals surface area contributed by atoms with Crippen molar-refractivity contribution < 1.29 is 76.1 Å². The molecule has 17 nitrogen and oxygen atoms in total. The van der Waals surface area contributed by atoms with E-state index in [0.717, 1.165) is 22.3 Å². The van der Waals surface area contributed by atoms with Crippen LogP contribution in [0.2, 0.25) is 0 Å². The van der Waals surface area contributed by atoms with Gasteiger partial charge in [-0.1, -0.05) is 48.5 Å². The van der Waals surface area contributed by atoms with Gasteiger partial charge in [-0.05, 0) is 136 Å². The van der Waals surface area contributed by atoms with Gasteiger partial charge in [0.25, 0.3) is 0 Å². The first-order valence-corrected chi connectivity index (χ1v) is 24.9. The van der Waals surface area contributed by atoms with E-state index in [1.807, 2.05) is 24.3 Å². The van der Waals surface area contributed by atoms with Crippen LogP contribution in [-0.4, -0.2) is 63.3 Å². The van der Waals surface area contributed by atoms with Crippen LogP contribution in [0.15, 0.2) is 176 Å². The third-order valence-corrected chi connectivity index (χ3v) is 12.0. The maximum Gasteiger partial charge on any atom is 0.338 e. The topological polar surface area (TPSA) is 200 Å². The van der Waals surface area contributed by atoms with E-state index in [0.29, 0.717) is 79.0 Å². The van der Waals surface area contributed by atoms with Gasteiger partial charge < -0.3 is 52.1 Å². The Labute approximate surface area is 461 Å². The molecule has 0 aliphatic rings. The van der Waals surface area contributed by atoms with E-state index in [4.69, 9.17) is 52.1 Å². The van der Waals surface area contributed by atoms with E-state index in [1.165, 1.54) is 40.8 Å². The fourth-order valence-electron chi connectivity index (χ4n) is 7.78. The summed E-state index contributed by atoms with van der Waals surface area (Å²) in [7, 11) is 5.29. The summed E-state index contributed by atoms with van der Waals surface area (Å²) in [5.74, 6) is 0.337. The van der Waals surface area contributed by atoms with E-state index in [-0.39, 0.29) is 46.2 Å². The second-order valence-electron chi connectivity index (χ2n) is 17.7. The molecule has 0 aliphatic heterocycles. The third kappa shape index (κ3) is 16.2. The van der Waals surface area contributed by atoms with Crippen molar-refractivity contribution in [3.8, 4) is 34.5 Å². The van der Waals surface area contributed by atoms with Crippen LogP contribution in [0, 0.1) is 0 Å². The predicted molar refractivity (Wildman–Crippen MR) is 290 cm³/mol. The number of nitrogens with zero attached hydrogens (tertiary/aromatic N) is 1. The van der Waals surface area contributed by atoms with Gasteiger partial charge in [-0.2, -0.15) is 0 Å². The Hall–Kier alpha value is -10.2. The average Bonchev–Trinajstić information content (AvgIpc) is 3.51. The third-order valence-electron chi connectivity index (χ3n) is 12.0. The summed E-state index contributed by atoms with van der Waals surface area (Å²) in [6.45, 7) is 0.618. The van der Waals surface area contributed by atoms with Crippen molar-refractivity contribution in [3.05, 3.63) is 243 Å². The quantitative estimate of drug-likeness (QED) is 0.0386. The standard InChI is InChI=1S/C63H55NO16/c1-70-59(65)48-13-5-41(6-14-48)34-74-53-25-45(26-54(31-53)75-35-42-7-15-49(16-8-42)60(66)71-2)38-78-57-29-47(40-80-63(69)52-21-23-64-24-22-52)30-58(33-57)79-39-46-27-55(76-36-43-9-17-50(18-10-43)61(67)72-3)32-56(28-46)77-37-44-11-19-51(20-12-44)62(68)73-4/h5-33H,34-40H2,1-4H3. The molecule has 80 heavy (non-hydrogen) atoms. The number of esters is 5. The summed E-state index contributed by atoms with van der Waals surface area (Å²) >= 11 is 0. The number of hydrogen-bond donors (Lipinski definition) is 0. The number of carbonyl (C=O) groups is 5. The fourth-order valence-corrected chi connectivity index (χ4v) is 7.78. The molecule has 0 saturated carbocycles. The minimum Gasteiger partial charge on any atom is -0.489 e. The lowest BCUT2D eigenvalue weighted by molar-refractivity contribution is 0.0470. The number of pyridine rings is 1. The minimum atomic E-state index is -0.549. The molecule has 0 aliphatic carbocycles. The lowest BCUT2D eigenvalue weighted by atomic mass is 10.1. The summed E-state index contributed by atoms with van der Waals surface area (Å²) in [5, 5.41) is 0. The van der Waals surface area contributed by atoms with Crippen LogP contribution in [0.4, 0.5) is 0 Å². The molecule has 0 fully saturated rings. The van der Waals surface area contributed by atoms with Crippen molar-refractivity contribution in [1.29, 1.82) is 0 Å². The largest absolute Gasteiger partial charge is 0.489 e. The van der Waals surface area contributed by atoms with Crippen molar-refractivity contribution in [2.24, 2.45) is 0 Å². The average molecular weight is 1080 g/mol. The Morgan fingerprint density at radius 2 is 0.500 bits per heavy atom. The van der Waals surface area contributed by atoms with Crippen molar-refractivity contribution in [2.75, 3.05) is 28.4 Å². The van der Waals surface area contributed by atoms with Crippen LogP contribution in [0.1, 0.15) is 90.7 Å². The van der Waals surface area contributed by atoms with Gasteiger partial charge in [0, 0.05) is 30.6 Å². The van der Waals surface area contributed by atoms with Crippen molar-refractivity contribution >= 4 is 29.8 Å². The molecule has 1 aromatic heterocycles. The highest BCUT2D eigenvalue weighted by atomic mass is 16.5. The monoisotopic (exact) mass is 1080 g/mol. The van der Waals surface area contributed by atoms with E-state index in [1.54, 1.807) is 140 Å². The number of benzene rings is 7. The summed E-state index contributed by atoms with van der Waals surface area (Å²) in [5.41, 5.74) is 7.10. The number of rotatable bonds is 25. The number of carbonyl (C=O) groups excluding carboxylic acids is 5. The van der Waals surface area contributed by atoms with Gasteiger partial charge in [-0.3, -0.25) is 4.98 Å². The maximum atomic E-state index is 13.1. The molecular weight excluding hydrogens is 1030 g/mol. The molecule has 8 rings (SSSR count). The summed E-state index contributed by atoms with van der Waals surface area (Å²) in [4.78, 5) is 65.3. The zero-order valence-corrected chi connectivity index (χ0v) is 44.2. The molecule has 0 unspecified atom stereocenters. The van der Waals surface area contributed by atoms with Gasteiger partial charge >= 0.3 is 29.8 Å². The Balaban J connectivity index is 1.03. The molecule has 0 atom stereocenters. The molecule has 8 aromatic rings. The zero-order chi connectivity index (χ0) is 56.2. The minimum absolute atomic E-state index is 0.0336. The number of hydrogen-bond acceptors (Lipinski definition) is 17. The normalized spacial score (nSPS) is 10.6. The van der Waals surface area contributed by atoms with Gasteiger partial charge in [-0.15, -0.1) is 0 Å². The van der Waals surface area contributed by atoms with Crippen LogP contribution in [0.3, 0.4) is 0 Å². The fraction of sp³-hybridized carbons (Fsp3) is 0.175. The first-order chi connectivity index (χ1) is 38.9. The van der Waals surface area contributed by atoms with E-state index >= 15 is 0 Å². The molecule has 0 saturated heterocycles. The molecule has 1 heterocycles. The van der Waals surface area contributed by atoms with Crippen molar-refractivity contribution in [3.63, 3.8) is 0 Å². The van der Waals surface area contributed by atoms with Crippen LogP contribution in [0.25, 0.3) is 0 Å². The van der Waals surface area contributed by atoms with Crippen LogP contribution >= 0.6 is 0 Å². The summed E-state index contributed by atoms with van der Waals surface area (Å²) < 4.78 is 63.1. The Kier molecular flexibility index (Phi) is 19.4. The number of ether oxygens (including phenoxy) is 11. The van der Waals surface area contributed by atoms with Gasteiger partial charge in [0.1, 0.15) is 80.7 Å². The molecular formula is C63H55NO16. The van der Waals surface area contributed by atoms with E-state index in [9.17, 15) is 24.0 Å². The first-order valence-electron chi connectivity index (χ1n) is 24.9. The number of aromatic nitrogens is 1. The van der Waals surface area contributed by atoms with Crippen molar-refractivity contribution in [2.45, 2.75) is 46.2 Å². The molecule has 0 N–H and O–H groups in total. The lowest BCUT2D eigenvalue weighted by Gasteiger charge is -2.16. The van der Waals surface area contributed by atoms with Crippen LogP contribution < -0.4 is 28.4 Å². The molecule has 7 aromatic carbocycles. The second-order valence-corrected chi connectivity index (χ2v) is 17.7. The molecule has 0 amide bonds. The lowest BCUT2D eigenvalue weighted by Crippen LogP contribution is -2.06. The highest BCUT2D eigenvalue weighted by Gasteiger charge is 2.15.